The van der Waals surface area contributed by atoms with E-state index in [9.17, 15) is 0 Å². The molecular weight excluding hydrogens is 208 g/mol. The number of rotatable bonds is 7. The summed E-state index contributed by atoms with van der Waals surface area (Å²) >= 11 is 0. The van der Waals surface area contributed by atoms with Gasteiger partial charge in [0.25, 0.3) is 0 Å². The molecule has 1 rings (SSSR count). The van der Waals surface area contributed by atoms with E-state index in [0.717, 1.165) is 25.9 Å². The van der Waals surface area contributed by atoms with Gasteiger partial charge in [-0.25, -0.2) is 0 Å². The molecule has 2 N–H and O–H groups in total. The molecule has 17 heavy (non-hydrogen) atoms. The maximum Gasteiger partial charge on any atom is 0.0366 e. The second kappa shape index (κ2) is 7.13. The Bertz CT molecular complexity index is 325. The standard InChI is InChI=1S/C15H24N2/c1-4-7-8-15(16)13-9-11-14(12-10-13)17(5-2)6-3/h4,9-12,15H,1,5-8,16H2,2-3H3/t15-/m0/s1. The third-order valence-corrected chi connectivity index (χ3v) is 3.13. The highest BCUT2D eigenvalue weighted by molar-refractivity contribution is 5.47. The van der Waals surface area contributed by atoms with E-state index < -0.39 is 0 Å². The second-order valence-electron chi connectivity index (χ2n) is 4.24. The Hall–Kier alpha value is -1.28. The van der Waals surface area contributed by atoms with E-state index in [1.165, 1.54) is 11.3 Å². The molecule has 1 aromatic carbocycles. The van der Waals surface area contributed by atoms with Crippen molar-refractivity contribution in [1.29, 1.82) is 0 Å². The zero-order valence-electron chi connectivity index (χ0n) is 11.0. The normalized spacial score (nSPS) is 12.2. The van der Waals surface area contributed by atoms with E-state index in [1.807, 2.05) is 6.08 Å². The molecule has 1 aromatic rings. The molecule has 0 aliphatic carbocycles. The molecule has 0 fully saturated rings. The smallest absolute Gasteiger partial charge is 0.0366 e. The van der Waals surface area contributed by atoms with Crippen LogP contribution in [0.2, 0.25) is 0 Å². The van der Waals surface area contributed by atoms with Gasteiger partial charge in [-0.15, -0.1) is 6.58 Å². The molecule has 0 saturated heterocycles. The first-order valence-electron chi connectivity index (χ1n) is 6.44. The number of nitrogens with two attached hydrogens (primary N) is 1. The van der Waals surface area contributed by atoms with Crippen LogP contribution in [0.1, 0.15) is 38.3 Å². The number of hydrogen-bond donors (Lipinski definition) is 1. The molecule has 0 bridgehead atoms. The highest BCUT2D eigenvalue weighted by atomic mass is 15.1. The van der Waals surface area contributed by atoms with E-state index in [-0.39, 0.29) is 6.04 Å². The van der Waals surface area contributed by atoms with E-state index in [4.69, 9.17) is 5.73 Å². The lowest BCUT2D eigenvalue weighted by Crippen LogP contribution is -2.21. The Balaban J connectivity index is 2.69. The minimum Gasteiger partial charge on any atom is -0.372 e. The number of allylic oxidation sites excluding steroid dienone is 1. The van der Waals surface area contributed by atoms with Crippen LogP contribution in [0.3, 0.4) is 0 Å². The molecular formula is C15H24N2. The summed E-state index contributed by atoms with van der Waals surface area (Å²) in [7, 11) is 0. The highest BCUT2D eigenvalue weighted by Gasteiger charge is 2.06. The van der Waals surface area contributed by atoms with Crippen LogP contribution in [0.25, 0.3) is 0 Å². The Labute approximate surface area is 105 Å². The maximum absolute atomic E-state index is 6.11. The summed E-state index contributed by atoms with van der Waals surface area (Å²) in [5.74, 6) is 0. The van der Waals surface area contributed by atoms with Crippen molar-refractivity contribution in [2.75, 3.05) is 18.0 Å². The van der Waals surface area contributed by atoms with Crippen molar-refractivity contribution in [1.82, 2.24) is 0 Å². The molecule has 0 aromatic heterocycles. The fraction of sp³-hybridized carbons (Fsp3) is 0.467. The van der Waals surface area contributed by atoms with E-state index in [2.05, 4.69) is 49.6 Å². The molecule has 0 saturated carbocycles. The fourth-order valence-electron chi connectivity index (χ4n) is 1.99. The summed E-state index contributed by atoms with van der Waals surface area (Å²) in [5, 5.41) is 0. The van der Waals surface area contributed by atoms with Crippen molar-refractivity contribution >= 4 is 5.69 Å². The summed E-state index contributed by atoms with van der Waals surface area (Å²) in [6.07, 6.45) is 3.86. The van der Waals surface area contributed by atoms with Gasteiger partial charge in [0.15, 0.2) is 0 Å². The summed E-state index contributed by atoms with van der Waals surface area (Å²) in [5.41, 5.74) is 8.59. The van der Waals surface area contributed by atoms with Crippen LogP contribution >= 0.6 is 0 Å². The van der Waals surface area contributed by atoms with E-state index in [1.54, 1.807) is 0 Å². The molecule has 1 atom stereocenters. The van der Waals surface area contributed by atoms with Crippen LogP contribution in [0, 0.1) is 0 Å². The number of nitrogens with zero attached hydrogens (tertiary/aromatic N) is 1. The predicted molar refractivity (Wildman–Crippen MR) is 76.4 cm³/mol. The zero-order chi connectivity index (χ0) is 12.7. The van der Waals surface area contributed by atoms with Crippen LogP contribution in [-0.2, 0) is 0 Å². The van der Waals surface area contributed by atoms with Gasteiger partial charge < -0.3 is 10.6 Å². The van der Waals surface area contributed by atoms with Gasteiger partial charge in [-0.1, -0.05) is 18.2 Å². The first-order chi connectivity index (χ1) is 8.22. The minimum absolute atomic E-state index is 0.124. The predicted octanol–water partition coefficient (Wildman–Crippen LogP) is 3.50. The second-order valence-corrected chi connectivity index (χ2v) is 4.24. The Morgan fingerprint density at radius 3 is 2.29 bits per heavy atom. The average molecular weight is 232 g/mol. The molecule has 0 aliphatic rings. The Kier molecular flexibility index (Phi) is 5.78. The van der Waals surface area contributed by atoms with Gasteiger partial charge in [-0.2, -0.15) is 0 Å². The average Bonchev–Trinajstić information content (AvgIpc) is 2.38. The van der Waals surface area contributed by atoms with Crippen LogP contribution in [0.5, 0.6) is 0 Å². The third-order valence-electron chi connectivity index (χ3n) is 3.13. The van der Waals surface area contributed by atoms with Crippen molar-refractivity contribution in [3.8, 4) is 0 Å². The lowest BCUT2D eigenvalue weighted by Gasteiger charge is -2.21. The van der Waals surface area contributed by atoms with Crippen LogP contribution in [0.15, 0.2) is 36.9 Å². The van der Waals surface area contributed by atoms with E-state index >= 15 is 0 Å². The molecule has 0 amide bonds. The summed E-state index contributed by atoms with van der Waals surface area (Å²) in [6.45, 7) is 10.2. The number of benzene rings is 1. The van der Waals surface area contributed by atoms with Crippen LogP contribution in [-0.4, -0.2) is 13.1 Å². The summed E-state index contributed by atoms with van der Waals surface area (Å²) in [6, 6.07) is 8.73. The fourth-order valence-corrected chi connectivity index (χ4v) is 1.99. The van der Waals surface area contributed by atoms with Gasteiger partial charge in [0.1, 0.15) is 0 Å². The molecule has 0 radical (unpaired) electrons. The van der Waals surface area contributed by atoms with Crippen molar-refractivity contribution in [3.05, 3.63) is 42.5 Å². The van der Waals surface area contributed by atoms with Crippen molar-refractivity contribution < 1.29 is 0 Å². The van der Waals surface area contributed by atoms with Crippen molar-refractivity contribution in [2.45, 2.75) is 32.7 Å². The largest absolute Gasteiger partial charge is 0.372 e. The topological polar surface area (TPSA) is 29.3 Å². The number of anilines is 1. The molecule has 0 heterocycles. The van der Waals surface area contributed by atoms with Crippen LogP contribution in [0.4, 0.5) is 5.69 Å². The van der Waals surface area contributed by atoms with Crippen LogP contribution < -0.4 is 10.6 Å². The molecule has 94 valence electrons. The zero-order valence-corrected chi connectivity index (χ0v) is 11.0. The Morgan fingerprint density at radius 2 is 1.82 bits per heavy atom. The third kappa shape index (κ3) is 3.90. The highest BCUT2D eigenvalue weighted by Crippen LogP contribution is 2.20. The van der Waals surface area contributed by atoms with Gasteiger partial charge in [-0.3, -0.25) is 0 Å². The lowest BCUT2D eigenvalue weighted by molar-refractivity contribution is 0.661. The van der Waals surface area contributed by atoms with Gasteiger partial charge in [0.05, 0.1) is 0 Å². The monoisotopic (exact) mass is 232 g/mol. The molecule has 0 aliphatic heterocycles. The minimum atomic E-state index is 0.124. The van der Waals surface area contributed by atoms with Gasteiger partial charge >= 0.3 is 0 Å². The van der Waals surface area contributed by atoms with Crippen molar-refractivity contribution in [3.63, 3.8) is 0 Å². The molecule has 2 heteroatoms. The maximum atomic E-state index is 6.11. The molecule has 0 unspecified atom stereocenters. The summed E-state index contributed by atoms with van der Waals surface area (Å²) in [4.78, 5) is 2.33. The summed E-state index contributed by atoms with van der Waals surface area (Å²) < 4.78 is 0. The SMILES string of the molecule is C=CCC[C@H](N)c1ccc(N(CC)CC)cc1. The van der Waals surface area contributed by atoms with E-state index in [0.29, 0.717) is 0 Å². The quantitative estimate of drug-likeness (QED) is 0.729. The van der Waals surface area contributed by atoms with Crippen molar-refractivity contribution in [2.24, 2.45) is 5.73 Å². The molecule has 0 spiro atoms. The lowest BCUT2D eigenvalue weighted by atomic mass is 10.0. The first kappa shape index (κ1) is 13.8. The molecule has 2 nitrogen and oxygen atoms in total. The van der Waals surface area contributed by atoms with Gasteiger partial charge in [-0.05, 0) is 44.4 Å². The first-order valence-corrected chi connectivity index (χ1v) is 6.44. The van der Waals surface area contributed by atoms with Gasteiger partial charge in [0.2, 0.25) is 0 Å². The van der Waals surface area contributed by atoms with Gasteiger partial charge in [0, 0.05) is 24.8 Å². The Morgan fingerprint density at radius 1 is 1.24 bits per heavy atom. The number of hydrogen-bond acceptors (Lipinski definition) is 2.